The molecular formula is C18H17N3O3. The lowest BCUT2D eigenvalue weighted by molar-refractivity contribution is 0.155. The summed E-state index contributed by atoms with van der Waals surface area (Å²) < 4.78 is 10.3. The average Bonchev–Trinajstić information content (AvgIpc) is 3.15. The summed E-state index contributed by atoms with van der Waals surface area (Å²) >= 11 is 0. The van der Waals surface area contributed by atoms with Crippen molar-refractivity contribution in [2.75, 3.05) is 12.4 Å². The molecule has 1 heterocycles. The Morgan fingerprint density at radius 1 is 1.17 bits per heavy atom. The SMILES string of the molecule is COc1cccc(COC(=O)Nc2ccc(-c3cn[nH]c3)cc2)c1. The van der Waals surface area contributed by atoms with E-state index in [4.69, 9.17) is 9.47 Å². The molecule has 0 radical (unpaired) electrons. The molecule has 6 nitrogen and oxygen atoms in total. The van der Waals surface area contributed by atoms with Gasteiger partial charge in [-0.15, -0.1) is 0 Å². The van der Waals surface area contributed by atoms with Crippen molar-refractivity contribution in [2.24, 2.45) is 0 Å². The number of hydrogen-bond donors (Lipinski definition) is 2. The van der Waals surface area contributed by atoms with E-state index in [1.807, 2.05) is 54.7 Å². The van der Waals surface area contributed by atoms with Crippen LogP contribution in [0.15, 0.2) is 60.9 Å². The maximum atomic E-state index is 11.9. The van der Waals surface area contributed by atoms with Gasteiger partial charge < -0.3 is 9.47 Å². The zero-order valence-electron chi connectivity index (χ0n) is 13.2. The predicted octanol–water partition coefficient (Wildman–Crippen LogP) is 3.83. The minimum Gasteiger partial charge on any atom is -0.497 e. The molecular weight excluding hydrogens is 306 g/mol. The number of methoxy groups -OCH3 is 1. The molecule has 122 valence electrons. The van der Waals surface area contributed by atoms with Crippen LogP contribution in [0.2, 0.25) is 0 Å². The maximum absolute atomic E-state index is 11.9. The molecule has 3 rings (SSSR count). The fraction of sp³-hybridized carbons (Fsp3) is 0.111. The zero-order valence-corrected chi connectivity index (χ0v) is 13.2. The van der Waals surface area contributed by atoms with Crippen molar-refractivity contribution in [3.63, 3.8) is 0 Å². The van der Waals surface area contributed by atoms with Crippen molar-refractivity contribution < 1.29 is 14.3 Å². The van der Waals surface area contributed by atoms with Crippen LogP contribution in [0.5, 0.6) is 5.75 Å². The average molecular weight is 323 g/mol. The number of nitrogens with one attached hydrogen (secondary N) is 2. The number of aromatic nitrogens is 2. The van der Waals surface area contributed by atoms with Crippen LogP contribution in [0, 0.1) is 0 Å². The largest absolute Gasteiger partial charge is 0.497 e. The molecule has 0 aliphatic carbocycles. The number of hydrogen-bond acceptors (Lipinski definition) is 4. The maximum Gasteiger partial charge on any atom is 0.411 e. The molecule has 0 fully saturated rings. The number of nitrogens with zero attached hydrogens (tertiary/aromatic N) is 1. The molecule has 2 N–H and O–H groups in total. The van der Waals surface area contributed by atoms with E-state index in [9.17, 15) is 4.79 Å². The Balaban J connectivity index is 1.54. The highest BCUT2D eigenvalue weighted by Crippen LogP contribution is 2.20. The Labute approximate surface area is 139 Å². The summed E-state index contributed by atoms with van der Waals surface area (Å²) in [6.07, 6.45) is 3.05. The van der Waals surface area contributed by atoms with Crippen LogP contribution in [-0.4, -0.2) is 23.4 Å². The van der Waals surface area contributed by atoms with Crippen LogP contribution in [0.3, 0.4) is 0 Å². The molecule has 1 aromatic heterocycles. The Morgan fingerprint density at radius 2 is 2.00 bits per heavy atom. The molecule has 0 aliphatic rings. The third kappa shape index (κ3) is 3.92. The molecule has 0 bridgehead atoms. The van der Waals surface area contributed by atoms with Gasteiger partial charge in [0.15, 0.2) is 0 Å². The summed E-state index contributed by atoms with van der Waals surface area (Å²) in [6.45, 7) is 0.177. The van der Waals surface area contributed by atoms with Gasteiger partial charge in [-0.05, 0) is 35.4 Å². The van der Waals surface area contributed by atoms with E-state index >= 15 is 0 Å². The molecule has 0 saturated heterocycles. The van der Waals surface area contributed by atoms with Crippen molar-refractivity contribution in [2.45, 2.75) is 6.61 Å². The van der Waals surface area contributed by atoms with Gasteiger partial charge in [0.25, 0.3) is 0 Å². The van der Waals surface area contributed by atoms with Gasteiger partial charge in [0.1, 0.15) is 12.4 Å². The molecule has 0 aliphatic heterocycles. The van der Waals surface area contributed by atoms with E-state index in [2.05, 4.69) is 15.5 Å². The Hall–Kier alpha value is -3.28. The van der Waals surface area contributed by atoms with E-state index < -0.39 is 6.09 Å². The van der Waals surface area contributed by atoms with Crippen LogP contribution < -0.4 is 10.1 Å². The fourth-order valence-electron chi connectivity index (χ4n) is 2.22. The molecule has 6 heteroatoms. The van der Waals surface area contributed by atoms with Gasteiger partial charge in [-0.2, -0.15) is 5.10 Å². The van der Waals surface area contributed by atoms with E-state index in [1.54, 1.807) is 13.3 Å². The first-order chi connectivity index (χ1) is 11.7. The van der Waals surface area contributed by atoms with Gasteiger partial charge in [-0.1, -0.05) is 24.3 Å². The van der Waals surface area contributed by atoms with Crippen molar-refractivity contribution in [3.05, 3.63) is 66.5 Å². The first-order valence-corrected chi connectivity index (χ1v) is 7.40. The van der Waals surface area contributed by atoms with E-state index in [0.29, 0.717) is 5.69 Å². The predicted molar refractivity (Wildman–Crippen MR) is 90.8 cm³/mol. The lowest BCUT2D eigenvalue weighted by atomic mass is 10.1. The molecule has 0 spiro atoms. The molecule has 24 heavy (non-hydrogen) atoms. The van der Waals surface area contributed by atoms with Crippen LogP contribution in [0.1, 0.15) is 5.56 Å². The first kappa shape index (κ1) is 15.6. The number of benzene rings is 2. The number of H-pyrrole nitrogens is 1. The summed E-state index contributed by atoms with van der Waals surface area (Å²) in [5.74, 6) is 0.728. The van der Waals surface area contributed by atoms with Crippen LogP contribution in [0.25, 0.3) is 11.1 Å². The van der Waals surface area contributed by atoms with E-state index in [0.717, 1.165) is 22.4 Å². The van der Waals surface area contributed by atoms with Gasteiger partial charge in [-0.3, -0.25) is 10.4 Å². The van der Waals surface area contributed by atoms with Gasteiger partial charge in [0, 0.05) is 17.4 Å². The minimum atomic E-state index is -0.506. The Morgan fingerprint density at radius 3 is 2.71 bits per heavy atom. The van der Waals surface area contributed by atoms with Gasteiger partial charge >= 0.3 is 6.09 Å². The number of ether oxygens (including phenoxy) is 2. The van der Waals surface area contributed by atoms with Crippen molar-refractivity contribution in [1.82, 2.24) is 10.2 Å². The second kappa shape index (κ2) is 7.32. The standard InChI is InChI=1S/C18H17N3O3/c1-23-17-4-2-3-13(9-17)12-24-18(22)21-16-7-5-14(6-8-16)15-10-19-20-11-15/h2-11H,12H2,1H3,(H,19,20)(H,21,22). The molecule has 2 aromatic carbocycles. The highest BCUT2D eigenvalue weighted by molar-refractivity contribution is 5.85. The minimum absolute atomic E-state index is 0.177. The molecule has 0 unspecified atom stereocenters. The monoisotopic (exact) mass is 323 g/mol. The number of carbonyl (C=O) groups excluding carboxylic acids is 1. The third-order valence-corrected chi connectivity index (χ3v) is 3.47. The highest BCUT2D eigenvalue weighted by Gasteiger charge is 2.05. The van der Waals surface area contributed by atoms with E-state index in [-0.39, 0.29) is 6.61 Å². The molecule has 3 aromatic rings. The summed E-state index contributed by atoms with van der Waals surface area (Å²) in [6, 6.07) is 14.8. The molecule has 1 amide bonds. The van der Waals surface area contributed by atoms with Crippen molar-refractivity contribution >= 4 is 11.8 Å². The first-order valence-electron chi connectivity index (χ1n) is 7.40. The zero-order chi connectivity index (χ0) is 16.8. The van der Waals surface area contributed by atoms with Gasteiger partial charge in [0.05, 0.1) is 13.3 Å². The number of carbonyl (C=O) groups is 1. The molecule has 0 saturated carbocycles. The number of anilines is 1. The summed E-state index contributed by atoms with van der Waals surface area (Å²) in [7, 11) is 1.60. The molecule has 0 atom stereocenters. The van der Waals surface area contributed by atoms with Crippen LogP contribution in [0.4, 0.5) is 10.5 Å². The quantitative estimate of drug-likeness (QED) is 0.748. The normalized spacial score (nSPS) is 10.2. The van der Waals surface area contributed by atoms with Gasteiger partial charge in [0.2, 0.25) is 0 Å². The Bertz CT molecular complexity index is 799. The van der Waals surface area contributed by atoms with Crippen molar-refractivity contribution in [1.29, 1.82) is 0 Å². The smallest absolute Gasteiger partial charge is 0.411 e. The number of rotatable bonds is 5. The second-order valence-electron chi connectivity index (χ2n) is 5.12. The van der Waals surface area contributed by atoms with Crippen LogP contribution >= 0.6 is 0 Å². The highest BCUT2D eigenvalue weighted by atomic mass is 16.5. The van der Waals surface area contributed by atoms with Crippen LogP contribution in [-0.2, 0) is 11.3 Å². The summed E-state index contributed by atoms with van der Waals surface area (Å²) in [4.78, 5) is 11.9. The topological polar surface area (TPSA) is 76.2 Å². The third-order valence-electron chi connectivity index (χ3n) is 3.47. The second-order valence-corrected chi connectivity index (χ2v) is 5.12. The Kier molecular flexibility index (Phi) is 4.76. The lowest BCUT2D eigenvalue weighted by Crippen LogP contribution is -2.13. The fourth-order valence-corrected chi connectivity index (χ4v) is 2.22. The van der Waals surface area contributed by atoms with Gasteiger partial charge in [-0.25, -0.2) is 4.79 Å². The van der Waals surface area contributed by atoms with Crippen molar-refractivity contribution in [3.8, 4) is 16.9 Å². The summed E-state index contributed by atoms with van der Waals surface area (Å²) in [5.41, 5.74) is 3.53. The summed E-state index contributed by atoms with van der Waals surface area (Å²) in [5, 5.41) is 9.38. The lowest BCUT2D eigenvalue weighted by Gasteiger charge is -2.08. The number of aromatic amines is 1. The van der Waals surface area contributed by atoms with E-state index in [1.165, 1.54) is 0 Å². The number of amides is 1.